The summed E-state index contributed by atoms with van der Waals surface area (Å²) in [4.78, 5) is 63.8. The van der Waals surface area contributed by atoms with Crippen molar-refractivity contribution in [3.63, 3.8) is 0 Å². The molecule has 0 radical (unpaired) electrons. The Morgan fingerprint density at radius 3 is 2.21 bits per heavy atom. The third kappa shape index (κ3) is 6.01. The normalized spacial score (nSPS) is 11.6. The molecule has 9 heteroatoms. The fourth-order valence-electron chi connectivity index (χ4n) is 4.13. The molecular weight excluding hydrogens is 488 g/mol. The molecule has 0 aliphatic heterocycles. The number of fused-ring (bicyclic) bond motifs is 1. The molecule has 0 bridgehead atoms. The number of Topliss-reactive ketones (excluding diaryl/α,β-unsaturated/α-hetero) is 1. The van der Waals surface area contributed by atoms with Crippen molar-refractivity contribution in [3.8, 4) is 11.1 Å². The van der Waals surface area contributed by atoms with E-state index in [4.69, 9.17) is 5.11 Å². The van der Waals surface area contributed by atoms with E-state index in [1.165, 1.54) is 6.07 Å². The van der Waals surface area contributed by atoms with Gasteiger partial charge in [-0.15, -0.1) is 0 Å². The number of H-pyrrole nitrogens is 1. The molecule has 3 aromatic carbocycles. The van der Waals surface area contributed by atoms with Crippen LogP contribution in [-0.4, -0.2) is 44.9 Å². The van der Waals surface area contributed by atoms with Crippen molar-refractivity contribution in [2.75, 3.05) is 0 Å². The van der Waals surface area contributed by atoms with Crippen molar-refractivity contribution in [3.05, 3.63) is 106 Å². The van der Waals surface area contributed by atoms with Crippen LogP contribution in [0.25, 0.3) is 22.0 Å². The maximum atomic E-state index is 13.1. The van der Waals surface area contributed by atoms with E-state index in [1.54, 1.807) is 36.4 Å². The van der Waals surface area contributed by atoms with Gasteiger partial charge in [-0.25, -0.2) is 4.79 Å². The number of carbonyl (C=O) groups excluding carboxylic acids is 2. The third-order valence-corrected chi connectivity index (χ3v) is 6.15. The third-order valence-electron chi connectivity index (χ3n) is 6.15. The summed E-state index contributed by atoms with van der Waals surface area (Å²) in [6, 6.07) is 20.0. The lowest BCUT2D eigenvalue weighted by molar-refractivity contribution is -0.137. The number of amides is 1. The molecule has 0 saturated carbocycles. The topological polar surface area (TPSA) is 154 Å². The van der Waals surface area contributed by atoms with Crippen molar-refractivity contribution in [2.24, 2.45) is 0 Å². The van der Waals surface area contributed by atoms with Gasteiger partial charge in [0.1, 0.15) is 5.56 Å². The van der Waals surface area contributed by atoms with E-state index in [9.17, 15) is 29.1 Å². The summed E-state index contributed by atoms with van der Waals surface area (Å²) in [5.41, 5.74) is 1.94. The average molecular weight is 513 g/mol. The highest BCUT2D eigenvalue weighted by molar-refractivity contribution is 5.99. The molecule has 1 aromatic heterocycles. The first kappa shape index (κ1) is 26.0. The van der Waals surface area contributed by atoms with Crippen molar-refractivity contribution in [1.29, 1.82) is 0 Å². The predicted octanol–water partition coefficient (Wildman–Crippen LogP) is 3.67. The molecule has 192 valence electrons. The number of ketones is 1. The number of rotatable bonds is 10. The molecule has 4 aromatic rings. The molecule has 38 heavy (non-hydrogen) atoms. The van der Waals surface area contributed by atoms with Crippen LogP contribution in [0.2, 0.25) is 0 Å². The number of nitrogens with one attached hydrogen (secondary N) is 2. The van der Waals surface area contributed by atoms with E-state index < -0.39 is 40.7 Å². The summed E-state index contributed by atoms with van der Waals surface area (Å²) >= 11 is 0. The molecular formula is C29H24N2O7. The summed E-state index contributed by atoms with van der Waals surface area (Å²) in [7, 11) is 0. The van der Waals surface area contributed by atoms with E-state index in [2.05, 4.69) is 10.3 Å². The summed E-state index contributed by atoms with van der Waals surface area (Å²) in [6.45, 7) is 0. The predicted molar refractivity (Wildman–Crippen MR) is 140 cm³/mol. The molecule has 4 N–H and O–H groups in total. The van der Waals surface area contributed by atoms with E-state index in [-0.39, 0.29) is 24.6 Å². The Morgan fingerprint density at radius 1 is 0.868 bits per heavy atom. The number of carboxylic acid groups (broad SMARTS) is 2. The van der Waals surface area contributed by atoms with Crippen LogP contribution >= 0.6 is 0 Å². The molecule has 0 aliphatic rings. The van der Waals surface area contributed by atoms with Crippen LogP contribution in [0.15, 0.2) is 83.8 Å². The van der Waals surface area contributed by atoms with Gasteiger partial charge in [0.05, 0.1) is 6.04 Å². The van der Waals surface area contributed by atoms with E-state index in [0.29, 0.717) is 16.6 Å². The summed E-state index contributed by atoms with van der Waals surface area (Å²) in [6.07, 6.45) is 0.480. The highest BCUT2D eigenvalue weighted by Gasteiger charge is 2.23. The standard InChI is InChI=1S/C29H24N2O7/c32-25(15-17-6-11-23-21(14-17)27(35)22(16-30-23)29(37)38)24(12-13-26(33)34)31-28(36)20-9-7-19(8-10-20)18-4-2-1-3-5-18/h1-11,14,16,24H,12-13,15H2,(H,30,35)(H,31,36)(H,33,34)(H,37,38)/t24-/m0/s1. The van der Waals surface area contributed by atoms with Gasteiger partial charge in [0.15, 0.2) is 5.78 Å². The number of hydrogen-bond acceptors (Lipinski definition) is 5. The smallest absolute Gasteiger partial charge is 0.341 e. The summed E-state index contributed by atoms with van der Waals surface area (Å²) in [5.74, 6) is -3.44. The van der Waals surface area contributed by atoms with Crippen LogP contribution in [-0.2, 0) is 16.0 Å². The number of carboxylic acids is 2. The number of aromatic carboxylic acids is 1. The van der Waals surface area contributed by atoms with Crippen LogP contribution < -0.4 is 10.7 Å². The first-order valence-corrected chi connectivity index (χ1v) is 11.8. The molecule has 1 atom stereocenters. The van der Waals surface area contributed by atoms with Crippen molar-refractivity contribution in [2.45, 2.75) is 25.3 Å². The van der Waals surface area contributed by atoms with Crippen molar-refractivity contribution >= 4 is 34.5 Å². The number of carbonyl (C=O) groups is 4. The number of aromatic amines is 1. The maximum Gasteiger partial charge on any atom is 0.341 e. The number of benzene rings is 3. The Kier molecular flexibility index (Phi) is 7.77. The van der Waals surface area contributed by atoms with Crippen LogP contribution in [0.5, 0.6) is 0 Å². The largest absolute Gasteiger partial charge is 0.481 e. The van der Waals surface area contributed by atoms with E-state index in [0.717, 1.165) is 17.3 Å². The zero-order valence-electron chi connectivity index (χ0n) is 20.1. The quantitative estimate of drug-likeness (QED) is 0.253. The molecule has 0 spiro atoms. The van der Waals surface area contributed by atoms with Crippen LogP contribution in [0.4, 0.5) is 0 Å². The monoisotopic (exact) mass is 512 g/mol. The molecule has 4 rings (SSSR count). The molecule has 0 saturated heterocycles. The van der Waals surface area contributed by atoms with Gasteiger partial charge >= 0.3 is 11.9 Å². The van der Waals surface area contributed by atoms with Gasteiger partial charge in [-0.3, -0.25) is 19.2 Å². The Hall–Kier alpha value is -5.05. The number of aliphatic carboxylic acids is 1. The fraction of sp³-hybridized carbons (Fsp3) is 0.138. The molecule has 9 nitrogen and oxygen atoms in total. The molecule has 0 aliphatic carbocycles. The van der Waals surface area contributed by atoms with Gasteiger partial charge in [0.2, 0.25) is 5.43 Å². The zero-order valence-corrected chi connectivity index (χ0v) is 20.1. The SMILES string of the molecule is O=C(O)CC[C@H](NC(=O)c1ccc(-c2ccccc2)cc1)C(=O)Cc1ccc2[nH]cc(C(=O)O)c(=O)c2c1. The Morgan fingerprint density at radius 2 is 1.55 bits per heavy atom. The van der Waals surface area contributed by atoms with Crippen molar-refractivity contribution < 1.29 is 29.4 Å². The highest BCUT2D eigenvalue weighted by atomic mass is 16.4. The van der Waals surface area contributed by atoms with Gasteiger partial charge in [-0.05, 0) is 47.4 Å². The minimum Gasteiger partial charge on any atom is -0.481 e. The average Bonchev–Trinajstić information content (AvgIpc) is 2.91. The van der Waals surface area contributed by atoms with Gasteiger partial charge < -0.3 is 20.5 Å². The number of aromatic nitrogens is 1. The van der Waals surface area contributed by atoms with Crippen LogP contribution in [0.1, 0.15) is 39.1 Å². The highest BCUT2D eigenvalue weighted by Crippen LogP contribution is 2.20. The fourth-order valence-corrected chi connectivity index (χ4v) is 4.13. The van der Waals surface area contributed by atoms with E-state index >= 15 is 0 Å². The van der Waals surface area contributed by atoms with Crippen LogP contribution in [0, 0.1) is 0 Å². The molecule has 0 fully saturated rings. The Balaban J connectivity index is 1.53. The zero-order chi connectivity index (χ0) is 27.2. The van der Waals surface area contributed by atoms with Gasteiger partial charge in [0, 0.05) is 35.5 Å². The lowest BCUT2D eigenvalue weighted by atomic mass is 9.98. The van der Waals surface area contributed by atoms with Gasteiger partial charge in [-0.1, -0.05) is 48.5 Å². The minimum absolute atomic E-state index is 0.111. The summed E-state index contributed by atoms with van der Waals surface area (Å²) < 4.78 is 0. The second-order valence-electron chi connectivity index (χ2n) is 8.76. The molecule has 1 heterocycles. The Bertz CT molecular complexity index is 1570. The first-order chi connectivity index (χ1) is 18.2. The second kappa shape index (κ2) is 11.3. The van der Waals surface area contributed by atoms with E-state index in [1.807, 2.05) is 30.3 Å². The molecule has 0 unspecified atom stereocenters. The number of hydrogen-bond donors (Lipinski definition) is 4. The lowest BCUT2D eigenvalue weighted by Crippen LogP contribution is -2.42. The van der Waals surface area contributed by atoms with Crippen molar-refractivity contribution in [1.82, 2.24) is 10.3 Å². The number of pyridine rings is 1. The minimum atomic E-state index is -1.37. The maximum absolute atomic E-state index is 13.1. The van der Waals surface area contributed by atoms with Gasteiger partial charge in [-0.2, -0.15) is 0 Å². The van der Waals surface area contributed by atoms with Gasteiger partial charge in [0.25, 0.3) is 5.91 Å². The lowest BCUT2D eigenvalue weighted by Gasteiger charge is -2.17. The first-order valence-electron chi connectivity index (χ1n) is 11.8. The Labute approximate surface area is 216 Å². The van der Waals surface area contributed by atoms with Crippen LogP contribution in [0.3, 0.4) is 0 Å². The molecule has 1 amide bonds. The summed E-state index contributed by atoms with van der Waals surface area (Å²) in [5, 5.41) is 21.1. The second-order valence-corrected chi connectivity index (χ2v) is 8.76.